The first-order valence-electron chi connectivity index (χ1n) is 15.7. The predicted octanol–water partition coefficient (Wildman–Crippen LogP) is 6.76. The van der Waals surface area contributed by atoms with E-state index >= 15 is 0 Å². The second-order valence-corrected chi connectivity index (χ2v) is 19.7. The molecule has 0 radical (unpaired) electrons. The summed E-state index contributed by atoms with van der Waals surface area (Å²) < 4.78 is 7.06. The third-order valence-corrected chi connectivity index (χ3v) is 14.2. The predicted molar refractivity (Wildman–Crippen MR) is 176 cm³/mol. The van der Waals surface area contributed by atoms with Crippen molar-refractivity contribution in [2.45, 2.75) is 128 Å². The second-order valence-electron chi connectivity index (χ2n) is 14.0. The first-order chi connectivity index (χ1) is 19.8. The highest BCUT2D eigenvalue weighted by atomic mass is 32.1. The Balaban J connectivity index is 1.85. The largest absolute Gasteiger partial charge is 0.405 e. The number of rotatable bonds is 14. The zero-order valence-corrected chi connectivity index (χ0v) is 28.6. The van der Waals surface area contributed by atoms with Crippen LogP contribution < -0.4 is 16.4 Å². The quantitative estimate of drug-likeness (QED) is 0.204. The zero-order valence-electron chi connectivity index (χ0n) is 26.8. The van der Waals surface area contributed by atoms with Gasteiger partial charge in [-0.25, -0.2) is 4.98 Å². The molecule has 0 bridgehead atoms. The lowest BCUT2D eigenvalue weighted by Gasteiger charge is -2.42. The Bertz CT molecular complexity index is 1100. The molecule has 0 saturated heterocycles. The smallest absolute Gasteiger partial charge is 0.242 e. The molecule has 1 heterocycles. The van der Waals surface area contributed by atoms with Crippen molar-refractivity contribution in [2.24, 2.45) is 17.6 Å². The molecule has 0 aliphatic heterocycles. The van der Waals surface area contributed by atoms with Gasteiger partial charge >= 0.3 is 0 Å². The number of nitrogens with zero attached hydrogens (tertiary/aromatic N) is 1. The second kappa shape index (κ2) is 15.6. The fraction of sp³-hybridized carbons (Fsp3) is 0.667. The van der Waals surface area contributed by atoms with Crippen molar-refractivity contribution in [1.82, 2.24) is 15.6 Å². The first-order valence-corrected chi connectivity index (χ1v) is 19.5. The molecule has 1 aliphatic carbocycles. The lowest BCUT2D eigenvalue weighted by molar-refractivity contribution is -0.131. The number of benzene rings is 1. The van der Waals surface area contributed by atoms with Gasteiger partial charge in [0.25, 0.3) is 0 Å². The molecule has 1 aliphatic rings. The van der Waals surface area contributed by atoms with Crippen LogP contribution in [0.15, 0.2) is 41.9 Å². The van der Waals surface area contributed by atoms with E-state index in [9.17, 15) is 9.59 Å². The topological polar surface area (TPSA) is 106 Å². The molecule has 4 atom stereocenters. The molecule has 0 spiro atoms. The summed E-state index contributed by atoms with van der Waals surface area (Å²) in [5.41, 5.74) is 7.30. The van der Waals surface area contributed by atoms with E-state index in [1.54, 1.807) is 11.3 Å². The van der Waals surface area contributed by atoms with Gasteiger partial charge in [-0.2, -0.15) is 0 Å². The van der Waals surface area contributed by atoms with Crippen LogP contribution in [-0.4, -0.2) is 43.2 Å². The summed E-state index contributed by atoms with van der Waals surface area (Å²) in [7, 11) is -2.21. The van der Waals surface area contributed by atoms with Crippen molar-refractivity contribution in [3.8, 4) is 0 Å². The highest BCUT2D eigenvalue weighted by Crippen LogP contribution is 2.42. The molecule has 9 heteroatoms. The van der Waals surface area contributed by atoms with Crippen molar-refractivity contribution in [3.05, 3.63) is 52.5 Å². The molecule has 0 unspecified atom stereocenters. The summed E-state index contributed by atoms with van der Waals surface area (Å²) in [5, 5.41) is 9.28. The van der Waals surface area contributed by atoms with Crippen molar-refractivity contribution >= 4 is 31.5 Å². The number of aromatic nitrogens is 1. The maximum Gasteiger partial charge on any atom is 0.242 e. The van der Waals surface area contributed by atoms with E-state index in [2.05, 4.69) is 63.3 Å². The Kier molecular flexibility index (Phi) is 12.8. The number of nitrogens with two attached hydrogens (primary N) is 1. The van der Waals surface area contributed by atoms with Crippen LogP contribution in [0.1, 0.15) is 96.2 Å². The van der Waals surface area contributed by atoms with Gasteiger partial charge in [-0.05, 0) is 54.8 Å². The molecular formula is C33H54N4O3SSi. The number of nitrogens with one attached hydrogen (secondary N) is 2. The van der Waals surface area contributed by atoms with Crippen LogP contribution in [0.4, 0.5) is 0 Å². The molecule has 42 heavy (non-hydrogen) atoms. The van der Waals surface area contributed by atoms with E-state index < -0.39 is 20.4 Å². The summed E-state index contributed by atoms with van der Waals surface area (Å²) in [6.45, 7) is 15.3. The van der Waals surface area contributed by atoms with Crippen LogP contribution in [0.5, 0.6) is 0 Å². The minimum Gasteiger partial charge on any atom is -0.405 e. The van der Waals surface area contributed by atoms with Gasteiger partial charge in [0.15, 0.2) is 8.32 Å². The maximum absolute atomic E-state index is 14.1. The average molecular weight is 615 g/mol. The zero-order chi connectivity index (χ0) is 30.9. The number of amides is 2. The van der Waals surface area contributed by atoms with E-state index in [1.807, 2.05) is 41.9 Å². The van der Waals surface area contributed by atoms with Gasteiger partial charge in [0.2, 0.25) is 11.8 Å². The van der Waals surface area contributed by atoms with E-state index in [0.29, 0.717) is 18.8 Å². The Morgan fingerprint density at radius 1 is 1.07 bits per heavy atom. The molecule has 1 aromatic carbocycles. The summed E-state index contributed by atoms with van der Waals surface area (Å²) in [6, 6.07) is 8.07. The Morgan fingerprint density at radius 3 is 2.31 bits per heavy atom. The number of hydrogen-bond acceptors (Lipinski definition) is 6. The molecule has 4 N–H and O–H groups in total. The molecular weight excluding hydrogens is 561 g/mol. The summed E-state index contributed by atoms with van der Waals surface area (Å²) in [6.07, 6.45) is 9.30. The summed E-state index contributed by atoms with van der Waals surface area (Å²) >= 11 is 1.58. The van der Waals surface area contributed by atoms with E-state index in [4.69, 9.17) is 10.2 Å². The standard InChI is InChI=1S/C33H54N4O3SSi/c1-23(2)20-28(37-30(38)26(34)21-24-14-10-8-11-15-24)31(39)36-27(22-25-16-12-9-13-17-25)29(32-35-18-19-41-32)40-42(6,7)33(3,4)5/h8,10-11,14-15,18-19,23,25-29H,9,12-13,16-17,20-22,34H2,1-7H3,(H,36,39)(H,37,38)/t26-,27+,28-,29-/m0/s1. The fourth-order valence-electron chi connectivity index (χ4n) is 5.44. The normalized spacial score (nSPS) is 17.8. The van der Waals surface area contributed by atoms with Crippen molar-refractivity contribution in [3.63, 3.8) is 0 Å². The number of hydrogen-bond donors (Lipinski definition) is 3. The van der Waals surface area contributed by atoms with Gasteiger partial charge in [0, 0.05) is 11.6 Å². The molecule has 3 rings (SSSR count). The molecule has 1 aromatic heterocycles. The minimum atomic E-state index is -2.21. The van der Waals surface area contributed by atoms with Gasteiger partial charge in [-0.3, -0.25) is 9.59 Å². The van der Waals surface area contributed by atoms with Crippen LogP contribution in [0, 0.1) is 11.8 Å². The number of carbonyl (C=O) groups excluding carboxylic acids is 2. The maximum atomic E-state index is 14.1. The summed E-state index contributed by atoms with van der Waals surface area (Å²) in [5.74, 6) is 0.246. The average Bonchev–Trinajstić information content (AvgIpc) is 3.46. The van der Waals surface area contributed by atoms with E-state index in [-0.39, 0.29) is 34.9 Å². The highest BCUT2D eigenvalue weighted by Gasteiger charge is 2.43. The SMILES string of the molecule is CC(C)C[C@H](NC(=O)[C@@H](N)Cc1ccccc1)C(=O)N[C@H](CC1CCCCC1)[C@H](O[Si](C)(C)C(C)(C)C)c1nccs1. The van der Waals surface area contributed by atoms with Crippen LogP contribution in [0.2, 0.25) is 18.1 Å². The third kappa shape index (κ3) is 10.3. The van der Waals surface area contributed by atoms with Crippen molar-refractivity contribution < 1.29 is 14.0 Å². The Hall–Kier alpha value is -2.07. The number of thiazole rings is 1. The van der Waals surface area contributed by atoms with Crippen LogP contribution in [-0.2, 0) is 20.4 Å². The molecule has 234 valence electrons. The summed E-state index contributed by atoms with van der Waals surface area (Å²) in [4.78, 5) is 32.0. The van der Waals surface area contributed by atoms with Gasteiger partial charge in [-0.15, -0.1) is 11.3 Å². The fourth-order valence-corrected chi connectivity index (χ4v) is 7.52. The molecule has 2 amide bonds. The van der Waals surface area contributed by atoms with Crippen molar-refractivity contribution in [2.75, 3.05) is 0 Å². The van der Waals surface area contributed by atoms with Gasteiger partial charge in [0.1, 0.15) is 17.2 Å². The monoisotopic (exact) mass is 614 g/mol. The van der Waals surface area contributed by atoms with Crippen LogP contribution in [0.3, 0.4) is 0 Å². The molecule has 7 nitrogen and oxygen atoms in total. The lowest BCUT2D eigenvalue weighted by atomic mass is 9.83. The van der Waals surface area contributed by atoms with Gasteiger partial charge < -0.3 is 20.8 Å². The first kappa shape index (κ1) is 34.4. The van der Waals surface area contributed by atoms with Crippen molar-refractivity contribution in [1.29, 1.82) is 0 Å². The molecule has 2 aromatic rings. The van der Waals surface area contributed by atoms with Crippen LogP contribution >= 0.6 is 11.3 Å². The Labute approximate surface area is 258 Å². The third-order valence-electron chi connectivity index (χ3n) is 8.90. The molecule has 1 fully saturated rings. The van der Waals surface area contributed by atoms with E-state index in [1.165, 1.54) is 19.3 Å². The van der Waals surface area contributed by atoms with E-state index in [0.717, 1.165) is 29.8 Å². The minimum absolute atomic E-state index is 0.00491. The highest BCUT2D eigenvalue weighted by molar-refractivity contribution is 7.09. The lowest BCUT2D eigenvalue weighted by Crippen LogP contribution is -2.56. The van der Waals surface area contributed by atoms with Crippen LogP contribution in [0.25, 0.3) is 0 Å². The Morgan fingerprint density at radius 2 is 1.74 bits per heavy atom. The van der Waals surface area contributed by atoms with Gasteiger partial charge in [0.05, 0.1) is 12.1 Å². The number of carbonyl (C=O) groups is 2. The molecule has 1 saturated carbocycles. The van der Waals surface area contributed by atoms with Gasteiger partial charge in [-0.1, -0.05) is 97.1 Å².